The Hall–Kier alpha value is -3.47. The zero-order chi connectivity index (χ0) is 18.5. The van der Waals surface area contributed by atoms with Gasteiger partial charge in [-0.1, -0.05) is 30.9 Å². The Morgan fingerprint density at radius 3 is 2.73 bits per heavy atom. The summed E-state index contributed by atoms with van der Waals surface area (Å²) in [6.07, 6.45) is 6.39. The molecule has 0 atom stereocenters. The number of nitrogens with zero attached hydrogens (tertiary/aromatic N) is 2. The van der Waals surface area contributed by atoms with Crippen LogP contribution in [0.25, 0.3) is 22.2 Å². The molecule has 0 saturated carbocycles. The van der Waals surface area contributed by atoms with Crippen molar-refractivity contribution in [3.8, 4) is 11.3 Å². The molecule has 0 aliphatic rings. The van der Waals surface area contributed by atoms with Crippen molar-refractivity contribution in [1.29, 1.82) is 0 Å². The Balaban J connectivity index is 2.19. The van der Waals surface area contributed by atoms with Gasteiger partial charge >= 0.3 is 5.97 Å². The van der Waals surface area contributed by atoms with Gasteiger partial charge in [-0.3, -0.25) is 9.78 Å². The third-order valence-corrected chi connectivity index (χ3v) is 3.92. The third kappa shape index (κ3) is 3.32. The van der Waals surface area contributed by atoms with Crippen molar-refractivity contribution in [2.24, 2.45) is 0 Å². The first kappa shape index (κ1) is 17.4. The molecule has 0 aliphatic carbocycles. The van der Waals surface area contributed by atoms with Crippen LogP contribution in [0.4, 0.5) is 0 Å². The van der Waals surface area contributed by atoms with Crippen LogP contribution in [0.2, 0.25) is 0 Å². The lowest BCUT2D eigenvalue weighted by Gasteiger charge is -2.12. The fraction of sp³-hybridized carbons (Fsp3) is 0.0952. The molecule has 2 aromatic heterocycles. The van der Waals surface area contributed by atoms with E-state index in [0.717, 1.165) is 11.3 Å². The van der Waals surface area contributed by atoms with Gasteiger partial charge in [0.15, 0.2) is 0 Å². The van der Waals surface area contributed by atoms with Crippen LogP contribution in [-0.2, 0) is 11.3 Å². The summed E-state index contributed by atoms with van der Waals surface area (Å²) < 4.78 is 6.83. The summed E-state index contributed by atoms with van der Waals surface area (Å²) in [4.78, 5) is 29.3. The first-order valence-corrected chi connectivity index (χ1v) is 8.13. The highest BCUT2D eigenvalue weighted by Crippen LogP contribution is 2.22. The van der Waals surface area contributed by atoms with Gasteiger partial charge in [-0.05, 0) is 24.3 Å². The molecule has 0 bridgehead atoms. The number of hydrogen-bond acceptors (Lipinski definition) is 4. The van der Waals surface area contributed by atoms with Crippen molar-refractivity contribution < 1.29 is 9.53 Å². The number of rotatable bonds is 6. The van der Waals surface area contributed by atoms with Gasteiger partial charge in [0, 0.05) is 29.9 Å². The normalized spacial score (nSPS) is 10.5. The molecule has 0 aliphatic heterocycles. The molecule has 0 radical (unpaired) electrons. The van der Waals surface area contributed by atoms with E-state index in [9.17, 15) is 9.59 Å². The average molecular weight is 346 g/mol. The second-order valence-electron chi connectivity index (χ2n) is 5.65. The smallest absolute Gasteiger partial charge is 0.343 e. The lowest BCUT2D eigenvalue weighted by Crippen LogP contribution is -2.21. The predicted molar refractivity (Wildman–Crippen MR) is 102 cm³/mol. The topological polar surface area (TPSA) is 61.2 Å². The maximum atomic E-state index is 12.8. The summed E-state index contributed by atoms with van der Waals surface area (Å²) >= 11 is 0. The maximum absolute atomic E-state index is 12.8. The largest absolute Gasteiger partial charge is 0.458 e. The van der Waals surface area contributed by atoms with Crippen molar-refractivity contribution in [3.05, 3.63) is 89.9 Å². The Bertz CT molecular complexity index is 1040. The Labute approximate surface area is 150 Å². The first-order chi connectivity index (χ1) is 12.7. The minimum absolute atomic E-state index is 0.00761. The van der Waals surface area contributed by atoms with E-state index in [1.54, 1.807) is 22.9 Å². The zero-order valence-electron chi connectivity index (χ0n) is 14.2. The number of esters is 1. The van der Waals surface area contributed by atoms with Crippen molar-refractivity contribution in [3.63, 3.8) is 0 Å². The van der Waals surface area contributed by atoms with Gasteiger partial charge < -0.3 is 9.30 Å². The summed E-state index contributed by atoms with van der Waals surface area (Å²) in [7, 11) is 0. The zero-order valence-corrected chi connectivity index (χ0v) is 14.2. The van der Waals surface area contributed by atoms with E-state index in [4.69, 9.17) is 4.74 Å². The maximum Gasteiger partial charge on any atom is 0.343 e. The molecule has 3 rings (SSSR count). The second kappa shape index (κ2) is 7.61. The highest BCUT2D eigenvalue weighted by molar-refractivity contribution is 5.94. The Kier molecular flexibility index (Phi) is 5.08. The van der Waals surface area contributed by atoms with Gasteiger partial charge in [-0.25, -0.2) is 4.79 Å². The third-order valence-electron chi connectivity index (χ3n) is 3.92. The lowest BCUT2D eigenvalue weighted by molar-refractivity contribution is 0.0547. The molecule has 0 N–H and O–H groups in total. The molecule has 0 spiro atoms. The highest BCUT2D eigenvalue weighted by Gasteiger charge is 2.17. The van der Waals surface area contributed by atoms with Gasteiger partial charge in [-0.15, -0.1) is 6.58 Å². The first-order valence-electron chi connectivity index (χ1n) is 8.13. The molecule has 5 nitrogen and oxygen atoms in total. The van der Waals surface area contributed by atoms with E-state index in [1.165, 1.54) is 12.3 Å². The molecule has 2 heterocycles. The second-order valence-corrected chi connectivity index (χ2v) is 5.65. The number of aromatic nitrogens is 2. The Morgan fingerprint density at radius 1 is 1.19 bits per heavy atom. The summed E-state index contributed by atoms with van der Waals surface area (Å²) in [6.45, 7) is 7.75. The van der Waals surface area contributed by atoms with Crippen LogP contribution in [0.15, 0.2) is 78.9 Å². The van der Waals surface area contributed by atoms with Crippen molar-refractivity contribution in [2.45, 2.75) is 6.54 Å². The number of carbonyl (C=O) groups is 1. The Morgan fingerprint density at radius 2 is 2.04 bits per heavy atom. The molecule has 0 fully saturated rings. The van der Waals surface area contributed by atoms with Crippen LogP contribution >= 0.6 is 0 Å². The monoisotopic (exact) mass is 346 g/mol. The van der Waals surface area contributed by atoms with E-state index in [0.29, 0.717) is 17.4 Å². The molecule has 0 amide bonds. The molecule has 0 unspecified atom stereocenters. The predicted octanol–water partition coefficient (Wildman–Crippen LogP) is 3.59. The molecule has 5 heteroatoms. The van der Waals surface area contributed by atoms with Crippen molar-refractivity contribution >= 4 is 16.9 Å². The van der Waals surface area contributed by atoms with Crippen LogP contribution in [0.5, 0.6) is 0 Å². The molecule has 130 valence electrons. The van der Waals surface area contributed by atoms with E-state index in [1.807, 2.05) is 30.3 Å². The number of allylic oxidation sites excluding steroid dienone is 1. The van der Waals surface area contributed by atoms with Crippen LogP contribution in [0.3, 0.4) is 0 Å². The molecule has 1 aromatic carbocycles. The number of carbonyl (C=O) groups excluding carboxylic acids is 1. The number of pyridine rings is 2. The van der Waals surface area contributed by atoms with E-state index in [-0.39, 0.29) is 17.6 Å². The molecular weight excluding hydrogens is 328 g/mol. The standard InChI is InChI=1S/C21H18N2O3/c1-3-11-23-14-17(21(25)26-12-4-2)20(24)16-9-8-15(13-19(16)23)18-7-5-6-10-22-18/h3-10,13-14H,1-2,11-12H2. The molecule has 0 saturated heterocycles. The van der Waals surface area contributed by atoms with Gasteiger partial charge in [0.05, 0.1) is 11.2 Å². The molecule has 3 aromatic rings. The lowest BCUT2D eigenvalue weighted by atomic mass is 10.1. The minimum atomic E-state index is -0.664. The summed E-state index contributed by atoms with van der Waals surface area (Å²) in [5.74, 6) is -0.664. The number of ether oxygens (including phenoxy) is 1. The van der Waals surface area contributed by atoms with Gasteiger partial charge in [-0.2, -0.15) is 0 Å². The molecule has 26 heavy (non-hydrogen) atoms. The van der Waals surface area contributed by atoms with Crippen LogP contribution in [-0.4, -0.2) is 22.1 Å². The van der Waals surface area contributed by atoms with Gasteiger partial charge in [0.2, 0.25) is 5.43 Å². The van der Waals surface area contributed by atoms with E-state index >= 15 is 0 Å². The average Bonchev–Trinajstić information content (AvgIpc) is 2.68. The fourth-order valence-electron chi connectivity index (χ4n) is 2.73. The summed E-state index contributed by atoms with van der Waals surface area (Å²) in [6, 6.07) is 11.1. The van der Waals surface area contributed by atoms with E-state index in [2.05, 4.69) is 18.1 Å². The number of hydrogen-bond donors (Lipinski definition) is 0. The fourth-order valence-corrected chi connectivity index (χ4v) is 2.73. The minimum Gasteiger partial charge on any atom is -0.458 e. The number of benzene rings is 1. The highest BCUT2D eigenvalue weighted by atomic mass is 16.5. The number of fused-ring (bicyclic) bond motifs is 1. The van der Waals surface area contributed by atoms with Crippen LogP contribution in [0, 0.1) is 0 Å². The summed E-state index contributed by atoms with van der Waals surface area (Å²) in [5.41, 5.74) is 2.03. The quantitative estimate of drug-likeness (QED) is 0.505. The van der Waals surface area contributed by atoms with Gasteiger partial charge in [0.1, 0.15) is 12.2 Å². The van der Waals surface area contributed by atoms with Crippen LogP contribution in [0.1, 0.15) is 10.4 Å². The van der Waals surface area contributed by atoms with Gasteiger partial charge in [0.25, 0.3) is 0 Å². The summed E-state index contributed by atoms with van der Waals surface area (Å²) in [5, 5.41) is 0.444. The van der Waals surface area contributed by atoms with Crippen LogP contribution < -0.4 is 5.43 Å². The molecular formula is C21H18N2O3. The van der Waals surface area contributed by atoms with Crippen molar-refractivity contribution in [2.75, 3.05) is 6.61 Å². The van der Waals surface area contributed by atoms with E-state index < -0.39 is 5.97 Å². The van der Waals surface area contributed by atoms with Crippen molar-refractivity contribution in [1.82, 2.24) is 9.55 Å². The SMILES string of the molecule is C=CCOC(=O)c1cn(CC=C)c2cc(-c3ccccn3)ccc2c1=O.